The van der Waals surface area contributed by atoms with Crippen molar-refractivity contribution in [2.24, 2.45) is 0 Å². The molecule has 0 aliphatic rings. The van der Waals surface area contributed by atoms with Crippen molar-refractivity contribution in [3.63, 3.8) is 0 Å². The third-order valence-corrected chi connectivity index (χ3v) is 5.35. The zero-order valence-electron chi connectivity index (χ0n) is 16.0. The Morgan fingerprint density at radius 2 is 1.75 bits per heavy atom. The summed E-state index contributed by atoms with van der Waals surface area (Å²) in [5.74, 6) is 1.88. The van der Waals surface area contributed by atoms with Crippen LogP contribution in [0.1, 0.15) is 30.7 Å². The molecule has 1 unspecified atom stereocenters. The summed E-state index contributed by atoms with van der Waals surface area (Å²) in [6, 6.07) is 27.2. The lowest BCUT2D eigenvalue weighted by atomic mass is 9.99. The lowest BCUT2D eigenvalue weighted by Gasteiger charge is -2.16. The van der Waals surface area contributed by atoms with Gasteiger partial charge in [0.25, 0.3) is 0 Å². The van der Waals surface area contributed by atoms with E-state index in [2.05, 4.69) is 60.8 Å². The van der Waals surface area contributed by atoms with Gasteiger partial charge in [-0.25, -0.2) is 0 Å². The maximum Gasteiger partial charge on any atom is 0.134 e. The second-order valence-electron chi connectivity index (χ2n) is 7.12. The van der Waals surface area contributed by atoms with Gasteiger partial charge in [0, 0.05) is 23.0 Å². The quantitative estimate of drug-likeness (QED) is 0.343. The van der Waals surface area contributed by atoms with E-state index in [0.29, 0.717) is 6.04 Å². The Balaban J connectivity index is 1.32. The molecule has 0 radical (unpaired) electrons. The monoisotopic (exact) mass is 389 g/mol. The molecular weight excluding hydrogens is 366 g/mol. The van der Waals surface area contributed by atoms with Crippen LogP contribution in [0.2, 0.25) is 5.02 Å². The molecule has 0 saturated heterocycles. The van der Waals surface area contributed by atoms with Gasteiger partial charge in [0.05, 0.1) is 0 Å². The number of halogens is 1. The third kappa shape index (κ3) is 4.30. The second kappa shape index (κ2) is 8.64. The van der Waals surface area contributed by atoms with Gasteiger partial charge in [0.15, 0.2) is 0 Å². The molecule has 0 saturated carbocycles. The predicted molar refractivity (Wildman–Crippen MR) is 118 cm³/mol. The van der Waals surface area contributed by atoms with Crippen molar-refractivity contribution < 1.29 is 4.42 Å². The minimum Gasteiger partial charge on any atom is -0.461 e. The molecule has 0 fully saturated rings. The van der Waals surface area contributed by atoms with Gasteiger partial charge in [-0.05, 0) is 60.5 Å². The van der Waals surface area contributed by atoms with E-state index in [1.807, 2.05) is 30.3 Å². The van der Waals surface area contributed by atoms with Crippen LogP contribution in [-0.2, 0) is 6.42 Å². The summed E-state index contributed by atoms with van der Waals surface area (Å²) in [7, 11) is 0. The first-order chi connectivity index (χ1) is 13.7. The number of furan rings is 1. The van der Waals surface area contributed by atoms with Gasteiger partial charge < -0.3 is 9.73 Å². The molecule has 0 spiro atoms. The second-order valence-corrected chi connectivity index (χ2v) is 7.56. The first-order valence-corrected chi connectivity index (χ1v) is 10.1. The number of fused-ring (bicyclic) bond motifs is 1. The van der Waals surface area contributed by atoms with Gasteiger partial charge >= 0.3 is 0 Å². The van der Waals surface area contributed by atoms with Crippen LogP contribution in [-0.4, -0.2) is 6.54 Å². The highest BCUT2D eigenvalue weighted by Crippen LogP contribution is 2.26. The van der Waals surface area contributed by atoms with E-state index >= 15 is 0 Å². The van der Waals surface area contributed by atoms with Crippen LogP contribution in [0.15, 0.2) is 83.3 Å². The Hall–Kier alpha value is -2.55. The van der Waals surface area contributed by atoms with Crippen LogP contribution in [0.3, 0.4) is 0 Å². The Kier molecular flexibility index (Phi) is 5.80. The smallest absolute Gasteiger partial charge is 0.134 e. The maximum atomic E-state index is 6.07. The van der Waals surface area contributed by atoms with E-state index in [1.54, 1.807) is 0 Å². The predicted octanol–water partition coefficient (Wildman–Crippen LogP) is 7.04. The summed E-state index contributed by atoms with van der Waals surface area (Å²) in [4.78, 5) is 0. The minimum atomic E-state index is 0.310. The van der Waals surface area contributed by atoms with Crippen molar-refractivity contribution in [1.29, 1.82) is 0 Å². The molecule has 0 aliphatic carbocycles. The number of hydrogen-bond donors (Lipinski definition) is 1. The van der Waals surface area contributed by atoms with Crippen LogP contribution >= 0.6 is 11.6 Å². The molecule has 4 aromatic rings. The van der Waals surface area contributed by atoms with E-state index in [-0.39, 0.29) is 0 Å². The fraction of sp³-hybridized carbons (Fsp3) is 0.200. The summed E-state index contributed by atoms with van der Waals surface area (Å²) in [5, 5.41) is 6.98. The normalized spacial score (nSPS) is 12.4. The molecule has 4 rings (SSSR count). The lowest BCUT2D eigenvalue weighted by molar-refractivity contribution is 0.496. The molecular formula is C25H24ClNO. The molecule has 1 aromatic heterocycles. The molecule has 2 nitrogen and oxygen atoms in total. The van der Waals surface area contributed by atoms with Crippen molar-refractivity contribution in [3.8, 4) is 11.3 Å². The van der Waals surface area contributed by atoms with E-state index in [1.165, 1.54) is 16.3 Å². The Morgan fingerprint density at radius 1 is 0.929 bits per heavy atom. The molecule has 142 valence electrons. The van der Waals surface area contributed by atoms with Crippen LogP contribution in [0, 0.1) is 0 Å². The highest BCUT2D eigenvalue weighted by Gasteiger charge is 2.09. The van der Waals surface area contributed by atoms with E-state index in [0.717, 1.165) is 41.5 Å². The van der Waals surface area contributed by atoms with Crippen molar-refractivity contribution in [2.45, 2.75) is 25.8 Å². The first-order valence-electron chi connectivity index (χ1n) is 9.76. The van der Waals surface area contributed by atoms with Gasteiger partial charge in [-0.3, -0.25) is 0 Å². The average molecular weight is 390 g/mol. The lowest BCUT2D eigenvalue weighted by Crippen LogP contribution is -2.20. The fourth-order valence-electron chi connectivity index (χ4n) is 3.63. The summed E-state index contributed by atoms with van der Waals surface area (Å²) >= 11 is 6.07. The molecule has 28 heavy (non-hydrogen) atoms. The maximum absolute atomic E-state index is 6.07. The summed E-state index contributed by atoms with van der Waals surface area (Å²) < 4.78 is 5.99. The first kappa shape index (κ1) is 18.8. The molecule has 3 heteroatoms. The van der Waals surface area contributed by atoms with Crippen LogP contribution in [0.25, 0.3) is 22.1 Å². The van der Waals surface area contributed by atoms with E-state index in [9.17, 15) is 0 Å². The number of hydrogen-bond acceptors (Lipinski definition) is 2. The fourth-order valence-corrected chi connectivity index (χ4v) is 3.82. The molecule has 3 aromatic carbocycles. The van der Waals surface area contributed by atoms with Gasteiger partial charge in [-0.15, -0.1) is 0 Å². The minimum absolute atomic E-state index is 0.310. The van der Waals surface area contributed by atoms with Crippen molar-refractivity contribution in [1.82, 2.24) is 5.32 Å². The van der Waals surface area contributed by atoms with Gasteiger partial charge in [0.2, 0.25) is 0 Å². The molecule has 0 aliphatic heterocycles. The summed E-state index contributed by atoms with van der Waals surface area (Å²) in [5.41, 5.74) is 2.36. The molecule has 1 N–H and O–H groups in total. The molecule has 1 atom stereocenters. The van der Waals surface area contributed by atoms with Crippen LogP contribution in [0.5, 0.6) is 0 Å². The van der Waals surface area contributed by atoms with Gasteiger partial charge in [0.1, 0.15) is 11.5 Å². The number of benzene rings is 3. The van der Waals surface area contributed by atoms with Crippen LogP contribution in [0.4, 0.5) is 0 Å². The van der Waals surface area contributed by atoms with Gasteiger partial charge in [-0.1, -0.05) is 66.2 Å². The average Bonchev–Trinajstić information content (AvgIpc) is 3.20. The topological polar surface area (TPSA) is 25.2 Å². The highest BCUT2D eigenvalue weighted by atomic mass is 35.5. The Bertz CT molecular complexity index is 1060. The summed E-state index contributed by atoms with van der Waals surface area (Å²) in [6.07, 6.45) is 1.94. The van der Waals surface area contributed by atoms with E-state index < -0.39 is 0 Å². The number of aryl methyl sites for hydroxylation is 1. The van der Waals surface area contributed by atoms with E-state index in [4.69, 9.17) is 16.0 Å². The zero-order chi connectivity index (χ0) is 19.3. The number of rotatable bonds is 7. The largest absolute Gasteiger partial charge is 0.461 e. The van der Waals surface area contributed by atoms with Gasteiger partial charge in [-0.2, -0.15) is 0 Å². The highest BCUT2D eigenvalue weighted by molar-refractivity contribution is 6.30. The summed E-state index contributed by atoms with van der Waals surface area (Å²) in [6.45, 7) is 3.17. The van der Waals surface area contributed by atoms with Crippen molar-refractivity contribution in [3.05, 3.63) is 95.2 Å². The standard InChI is InChI=1S/C25H24ClNO/c1-18(23-13-5-8-19-7-2-3-12-24(19)23)27-16-6-11-22-14-15-25(28-22)20-9-4-10-21(26)17-20/h2-5,7-10,12-15,17-18,27H,6,11,16H2,1H3. The molecule has 1 heterocycles. The van der Waals surface area contributed by atoms with Crippen molar-refractivity contribution in [2.75, 3.05) is 6.54 Å². The van der Waals surface area contributed by atoms with Crippen molar-refractivity contribution >= 4 is 22.4 Å². The zero-order valence-corrected chi connectivity index (χ0v) is 16.7. The number of nitrogens with one attached hydrogen (secondary N) is 1. The Labute approximate surface area is 171 Å². The molecule has 0 bridgehead atoms. The van der Waals surface area contributed by atoms with Crippen LogP contribution < -0.4 is 5.32 Å². The SMILES string of the molecule is CC(NCCCc1ccc(-c2cccc(Cl)c2)o1)c1cccc2ccccc12. The third-order valence-electron chi connectivity index (χ3n) is 5.11. The Morgan fingerprint density at radius 3 is 2.64 bits per heavy atom. The molecule has 0 amide bonds.